The Kier molecular flexibility index (Phi) is 5.88. The lowest BCUT2D eigenvalue weighted by Gasteiger charge is -2.48. The highest BCUT2D eigenvalue weighted by atomic mass is 32.1. The number of thiophene rings is 1. The van der Waals surface area contributed by atoms with Crippen LogP contribution in [0.2, 0.25) is 0 Å². The summed E-state index contributed by atoms with van der Waals surface area (Å²) < 4.78 is 20.6. The number of ether oxygens (including phenoxy) is 1. The first kappa shape index (κ1) is 25.7. The molecule has 5 aliphatic rings. The van der Waals surface area contributed by atoms with Gasteiger partial charge in [0.2, 0.25) is 17.4 Å². The van der Waals surface area contributed by atoms with Gasteiger partial charge in [-0.15, -0.1) is 11.3 Å². The van der Waals surface area contributed by atoms with Gasteiger partial charge in [0.1, 0.15) is 23.8 Å². The molecule has 2 N–H and O–H groups in total. The second-order valence-corrected chi connectivity index (χ2v) is 13.7. The van der Waals surface area contributed by atoms with Crippen LogP contribution in [0.1, 0.15) is 61.5 Å². The molecule has 1 aliphatic carbocycles. The van der Waals surface area contributed by atoms with Crippen molar-refractivity contribution in [2.75, 3.05) is 61.4 Å². The molecule has 0 radical (unpaired) electrons. The second kappa shape index (κ2) is 9.15. The summed E-state index contributed by atoms with van der Waals surface area (Å²) in [5, 5.41) is 10.4. The highest BCUT2D eigenvalue weighted by Crippen LogP contribution is 2.52. The molecule has 2 aromatic heterocycles. The number of nitrogens with zero attached hydrogens (tertiary/aromatic N) is 8. The van der Waals surface area contributed by atoms with Crippen molar-refractivity contribution in [2.45, 2.75) is 74.5 Å². The number of rotatable bonds is 5. The average Bonchev–Trinajstić information content (AvgIpc) is 3.64. The van der Waals surface area contributed by atoms with Gasteiger partial charge >= 0.3 is 6.01 Å². The highest BCUT2D eigenvalue weighted by Gasteiger charge is 2.53. The molecular weight excluding hydrogens is 529 g/mol. The van der Waals surface area contributed by atoms with Gasteiger partial charge in [0.25, 0.3) is 0 Å². The zero-order valence-electron chi connectivity index (χ0n) is 22.8. The molecule has 10 nitrogen and oxygen atoms in total. The van der Waals surface area contributed by atoms with Gasteiger partial charge in [-0.2, -0.15) is 20.2 Å². The van der Waals surface area contributed by atoms with E-state index >= 15 is 0 Å². The number of aryl methyl sites for hydroxylation is 1. The SMILES string of the molecule is [C-]#[N+]C1(C)CCCN(c2nc(OC[C@@]34CCCN3C[C@H](F)C4)nc(N3CC4(CCc5sc(N)c(C#N)c54)C3)n2)C1. The molecule has 4 saturated heterocycles. The van der Waals surface area contributed by atoms with Crippen molar-refractivity contribution in [1.29, 1.82) is 5.26 Å². The number of halogens is 1. The molecule has 7 rings (SSSR count). The number of hydrogen-bond acceptors (Lipinski definition) is 10. The number of piperidine rings is 1. The summed E-state index contributed by atoms with van der Waals surface area (Å²) in [4.78, 5) is 25.9. The van der Waals surface area contributed by atoms with Crippen LogP contribution in [0, 0.1) is 17.9 Å². The molecule has 0 saturated carbocycles. The van der Waals surface area contributed by atoms with E-state index in [1.165, 1.54) is 4.88 Å². The van der Waals surface area contributed by atoms with Crippen molar-refractivity contribution in [1.82, 2.24) is 19.9 Å². The lowest BCUT2D eigenvalue weighted by atomic mass is 9.74. The molecule has 1 spiro atoms. The van der Waals surface area contributed by atoms with E-state index in [2.05, 4.69) is 25.6 Å². The highest BCUT2D eigenvalue weighted by molar-refractivity contribution is 7.16. The van der Waals surface area contributed by atoms with Crippen molar-refractivity contribution < 1.29 is 9.13 Å². The normalized spacial score (nSPS) is 30.6. The maximum absolute atomic E-state index is 14.4. The molecule has 0 aromatic carbocycles. The van der Waals surface area contributed by atoms with Crippen molar-refractivity contribution in [2.24, 2.45) is 0 Å². The zero-order valence-corrected chi connectivity index (χ0v) is 23.6. The lowest BCUT2D eigenvalue weighted by Crippen LogP contribution is -2.59. The summed E-state index contributed by atoms with van der Waals surface area (Å²) in [6.45, 7) is 14.1. The molecule has 6 heterocycles. The van der Waals surface area contributed by atoms with Crippen LogP contribution >= 0.6 is 11.3 Å². The summed E-state index contributed by atoms with van der Waals surface area (Å²) >= 11 is 1.54. The summed E-state index contributed by atoms with van der Waals surface area (Å²) in [5.74, 6) is 1.07. The number of nitrogens with two attached hydrogens (primary N) is 1. The Bertz CT molecular complexity index is 1430. The minimum Gasteiger partial charge on any atom is -0.461 e. The standard InChI is InChI=1S/C28H34FN9OS/c1-26(32-2)6-3-9-36(14-26)23-33-24(35-25(34-23)39-17-28-7-4-10-38(28)13-18(29)11-28)37-15-27(16-37)8-5-20-21(27)19(12-30)22(31)40-20/h18H,3-11,13-17,31H2,1H3/t18-,26?,28+/m1/s1. The Morgan fingerprint density at radius 2 is 1.93 bits per heavy atom. The fourth-order valence-corrected chi connectivity index (χ4v) is 8.92. The fraction of sp³-hybridized carbons (Fsp3) is 0.679. The monoisotopic (exact) mass is 563 g/mol. The van der Waals surface area contributed by atoms with E-state index in [1.54, 1.807) is 11.3 Å². The van der Waals surface area contributed by atoms with Gasteiger partial charge < -0.3 is 25.1 Å². The number of nitrogen functional groups attached to an aromatic ring is 1. The second-order valence-electron chi connectivity index (χ2n) is 12.6. The topological polar surface area (TPSA) is 112 Å². The van der Waals surface area contributed by atoms with E-state index in [9.17, 15) is 9.65 Å². The first-order chi connectivity index (χ1) is 19.3. The van der Waals surface area contributed by atoms with E-state index in [0.29, 0.717) is 61.7 Å². The molecule has 0 amide bonds. The van der Waals surface area contributed by atoms with Gasteiger partial charge in [-0.1, -0.05) is 0 Å². The maximum Gasteiger partial charge on any atom is 0.323 e. The molecule has 1 unspecified atom stereocenters. The molecule has 0 bridgehead atoms. The fourth-order valence-electron chi connectivity index (χ4n) is 7.78. The molecule has 2 aromatic rings. The summed E-state index contributed by atoms with van der Waals surface area (Å²) in [6.07, 6.45) is 5.27. The molecule has 4 aliphatic heterocycles. The molecular formula is C28H34FN9OS. The van der Waals surface area contributed by atoms with Crippen molar-refractivity contribution in [3.05, 3.63) is 27.4 Å². The van der Waals surface area contributed by atoms with E-state index in [-0.39, 0.29) is 17.0 Å². The smallest absolute Gasteiger partial charge is 0.323 e. The minimum absolute atomic E-state index is 0.112. The first-order valence-corrected chi connectivity index (χ1v) is 15.1. The predicted octanol–water partition coefficient (Wildman–Crippen LogP) is 3.32. The molecule has 12 heteroatoms. The van der Waals surface area contributed by atoms with Crippen LogP contribution in [-0.2, 0) is 11.8 Å². The van der Waals surface area contributed by atoms with Crippen LogP contribution in [0.3, 0.4) is 0 Å². The third-order valence-electron chi connectivity index (χ3n) is 9.80. The van der Waals surface area contributed by atoms with Gasteiger partial charge in [-0.05, 0) is 44.2 Å². The van der Waals surface area contributed by atoms with Crippen LogP contribution in [0.5, 0.6) is 6.01 Å². The maximum atomic E-state index is 14.4. The van der Waals surface area contributed by atoms with Gasteiger partial charge in [0.05, 0.1) is 17.6 Å². The number of nitriles is 1. The number of fused-ring (bicyclic) bond motifs is 3. The Hall–Kier alpha value is -3.22. The molecule has 210 valence electrons. The summed E-state index contributed by atoms with van der Waals surface area (Å²) in [6, 6.07) is 2.59. The number of aromatic nitrogens is 3. The lowest BCUT2D eigenvalue weighted by molar-refractivity contribution is 0.107. The van der Waals surface area contributed by atoms with Crippen LogP contribution in [0.4, 0.5) is 21.3 Å². The molecule has 3 atom stereocenters. The Balaban J connectivity index is 1.17. The predicted molar refractivity (Wildman–Crippen MR) is 150 cm³/mol. The summed E-state index contributed by atoms with van der Waals surface area (Å²) in [5.41, 5.74) is 7.03. The van der Waals surface area contributed by atoms with Gasteiger partial charge in [0.15, 0.2) is 0 Å². The quantitative estimate of drug-likeness (QED) is 0.548. The zero-order chi connectivity index (χ0) is 27.7. The number of anilines is 3. The van der Waals surface area contributed by atoms with Crippen molar-refractivity contribution >= 4 is 28.2 Å². The van der Waals surface area contributed by atoms with Crippen LogP contribution < -0.4 is 20.3 Å². The Morgan fingerprint density at radius 3 is 2.70 bits per heavy atom. The van der Waals surface area contributed by atoms with E-state index in [1.807, 2.05) is 6.92 Å². The third-order valence-corrected chi connectivity index (χ3v) is 10.9. The van der Waals surface area contributed by atoms with Crippen LogP contribution in [0.25, 0.3) is 4.85 Å². The Labute approximate surface area is 237 Å². The number of alkyl halides is 1. The van der Waals surface area contributed by atoms with Crippen LogP contribution in [-0.4, -0.2) is 83.0 Å². The molecule has 4 fully saturated rings. The van der Waals surface area contributed by atoms with Crippen molar-refractivity contribution in [3.63, 3.8) is 0 Å². The van der Waals surface area contributed by atoms with E-state index in [0.717, 1.165) is 57.2 Å². The average molecular weight is 564 g/mol. The van der Waals surface area contributed by atoms with Gasteiger partial charge in [-0.25, -0.2) is 11.0 Å². The summed E-state index contributed by atoms with van der Waals surface area (Å²) in [7, 11) is 0. The third kappa shape index (κ3) is 3.99. The van der Waals surface area contributed by atoms with Gasteiger partial charge in [0, 0.05) is 56.2 Å². The minimum atomic E-state index is -0.828. The largest absolute Gasteiger partial charge is 0.461 e. The van der Waals surface area contributed by atoms with E-state index in [4.69, 9.17) is 32.0 Å². The van der Waals surface area contributed by atoms with Crippen LogP contribution in [0.15, 0.2) is 0 Å². The van der Waals surface area contributed by atoms with E-state index < -0.39 is 11.7 Å². The van der Waals surface area contributed by atoms with Gasteiger partial charge in [-0.3, -0.25) is 4.90 Å². The van der Waals surface area contributed by atoms with Crippen molar-refractivity contribution in [3.8, 4) is 12.1 Å². The molecule has 40 heavy (non-hydrogen) atoms. The Morgan fingerprint density at radius 1 is 1.15 bits per heavy atom. The number of hydrogen-bond donors (Lipinski definition) is 1. The first-order valence-electron chi connectivity index (χ1n) is 14.2.